The molecule has 108 valence electrons. The van der Waals surface area contributed by atoms with E-state index in [0.29, 0.717) is 18.8 Å². The van der Waals surface area contributed by atoms with E-state index in [9.17, 15) is 8.42 Å². The van der Waals surface area contributed by atoms with Crippen LogP contribution in [0.5, 0.6) is 0 Å². The summed E-state index contributed by atoms with van der Waals surface area (Å²) in [5.41, 5.74) is 7.10. The molecule has 0 atom stereocenters. The first kappa shape index (κ1) is 16.0. The Kier molecular flexibility index (Phi) is 4.98. The van der Waals surface area contributed by atoms with Crippen molar-refractivity contribution in [3.8, 4) is 0 Å². The molecule has 1 rings (SSSR count). The Morgan fingerprint density at radius 3 is 2.26 bits per heavy atom. The Labute approximate surface area is 116 Å². The van der Waals surface area contributed by atoms with Gasteiger partial charge in [-0.25, -0.2) is 8.42 Å². The molecule has 0 radical (unpaired) electrons. The van der Waals surface area contributed by atoms with Crippen LogP contribution in [0.1, 0.15) is 33.3 Å². The molecule has 0 aliphatic carbocycles. The minimum Gasteiger partial charge on any atom is -0.398 e. The molecule has 0 saturated heterocycles. The van der Waals surface area contributed by atoms with E-state index in [1.54, 1.807) is 6.07 Å². The van der Waals surface area contributed by atoms with Crippen LogP contribution in [0, 0.1) is 5.41 Å². The fourth-order valence-corrected chi connectivity index (χ4v) is 3.92. The van der Waals surface area contributed by atoms with E-state index < -0.39 is 10.0 Å². The number of nitrogen functional groups attached to an aromatic ring is 1. The number of sulfonamides is 1. The van der Waals surface area contributed by atoms with Gasteiger partial charge in [0.2, 0.25) is 10.0 Å². The summed E-state index contributed by atoms with van der Waals surface area (Å²) in [6, 6.07) is 7.37. The second-order valence-corrected chi connectivity index (χ2v) is 7.91. The monoisotopic (exact) mass is 284 g/mol. The number of para-hydroxylation sites is 1. The van der Waals surface area contributed by atoms with E-state index in [1.807, 2.05) is 45.9 Å². The molecule has 0 bridgehead atoms. The number of nitrogens with two attached hydrogens (primary N) is 1. The van der Waals surface area contributed by atoms with Crippen LogP contribution < -0.4 is 5.73 Å². The van der Waals surface area contributed by atoms with E-state index in [-0.39, 0.29) is 11.2 Å². The van der Waals surface area contributed by atoms with E-state index in [1.165, 1.54) is 4.31 Å². The van der Waals surface area contributed by atoms with Crippen LogP contribution in [0.3, 0.4) is 0 Å². The number of benzene rings is 1. The number of hydrogen-bond donors (Lipinski definition) is 1. The summed E-state index contributed by atoms with van der Waals surface area (Å²) in [5, 5.41) is 0. The third-order valence-corrected chi connectivity index (χ3v) is 5.17. The molecule has 0 amide bonds. The molecular weight excluding hydrogens is 260 g/mol. The molecule has 5 heteroatoms. The molecule has 0 fully saturated rings. The first-order valence-electron chi connectivity index (χ1n) is 6.47. The van der Waals surface area contributed by atoms with E-state index >= 15 is 0 Å². The minimum atomic E-state index is -3.27. The minimum absolute atomic E-state index is 0.139. The largest absolute Gasteiger partial charge is 0.398 e. The van der Waals surface area contributed by atoms with E-state index in [4.69, 9.17) is 5.73 Å². The number of hydrogen-bond acceptors (Lipinski definition) is 3. The average molecular weight is 284 g/mol. The highest BCUT2D eigenvalue weighted by Gasteiger charge is 2.27. The SMILES string of the molecule is CCN(Cc1ccccc1N)S(=O)(=O)CC(C)(C)C. The highest BCUT2D eigenvalue weighted by Crippen LogP contribution is 2.21. The Balaban J connectivity index is 2.93. The van der Waals surface area contributed by atoms with Crippen LogP contribution >= 0.6 is 0 Å². The molecule has 0 heterocycles. The predicted octanol–water partition coefficient (Wildman–Crippen LogP) is 2.47. The Bertz CT molecular complexity index is 518. The summed E-state index contributed by atoms with van der Waals surface area (Å²) in [6.45, 7) is 8.41. The van der Waals surface area contributed by atoms with Gasteiger partial charge in [-0.15, -0.1) is 0 Å². The number of rotatable bonds is 5. The molecule has 19 heavy (non-hydrogen) atoms. The zero-order valence-electron chi connectivity index (χ0n) is 12.2. The lowest BCUT2D eigenvalue weighted by molar-refractivity contribution is 0.396. The quantitative estimate of drug-likeness (QED) is 0.845. The molecular formula is C14H24N2O2S. The molecule has 0 aliphatic heterocycles. The summed E-state index contributed by atoms with van der Waals surface area (Å²) in [6.07, 6.45) is 0. The second-order valence-electron chi connectivity index (χ2n) is 5.94. The molecule has 0 spiro atoms. The summed E-state index contributed by atoms with van der Waals surface area (Å²) in [4.78, 5) is 0. The van der Waals surface area contributed by atoms with Crippen molar-refractivity contribution in [1.82, 2.24) is 4.31 Å². The highest BCUT2D eigenvalue weighted by atomic mass is 32.2. The smallest absolute Gasteiger partial charge is 0.214 e. The Hall–Kier alpha value is -1.07. The van der Waals surface area contributed by atoms with Crippen molar-refractivity contribution in [2.24, 2.45) is 5.41 Å². The van der Waals surface area contributed by atoms with Gasteiger partial charge in [0.1, 0.15) is 0 Å². The summed E-state index contributed by atoms with van der Waals surface area (Å²) >= 11 is 0. The zero-order valence-corrected chi connectivity index (χ0v) is 13.0. The molecule has 1 aromatic rings. The van der Waals surface area contributed by atoms with Crippen LogP contribution in [0.4, 0.5) is 5.69 Å². The summed E-state index contributed by atoms with van der Waals surface area (Å²) in [5.74, 6) is 0.139. The van der Waals surface area contributed by atoms with Gasteiger partial charge < -0.3 is 5.73 Å². The second kappa shape index (κ2) is 5.92. The van der Waals surface area contributed by atoms with Gasteiger partial charge in [-0.1, -0.05) is 45.9 Å². The van der Waals surface area contributed by atoms with E-state index in [0.717, 1.165) is 5.56 Å². The van der Waals surface area contributed by atoms with Gasteiger partial charge in [0.05, 0.1) is 5.75 Å². The van der Waals surface area contributed by atoms with Crippen LogP contribution in [0.2, 0.25) is 0 Å². The van der Waals surface area contributed by atoms with Crippen molar-refractivity contribution in [1.29, 1.82) is 0 Å². The van der Waals surface area contributed by atoms with Crippen molar-refractivity contribution in [2.75, 3.05) is 18.0 Å². The van der Waals surface area contributed by atoms with Gasteiger partial charge in [-0.3, -0.25) is 0 Å². The lowest BCUT2D eigenvalue weighted by Gasteiger charge is -2.26. The van der Waals surface area contributed by atoms with Gasteiger partial charge in [0.25, 0.3) is 0 Å². The van der Waals surface area contributed by atoms with Crippen molar-refractivity contribution in [3.63, 3.8) is 0 Å². The van der Waals surface area contributed by atoms with Crippen molar-refractivity contribution in [2.45, 2.75) is 34.2 Å². The van der Waals surface area contributed by atoms with Gasteiger partial charge in [0.15, 0.2) is 0 Å². The van der Waals surface area contributed by atoms with Crippen molar-refractivity contribution in [3.05, 3.63) is 29.8 Å². The third-order valence-electron chi connectivity index (χ3n) is 2.76. The lowest BCUT2D eigenvalue weighted by Crippen LogP contribution is -2.36. The van der Waals surface area contributed by atoms with Crippen LogP contribution in [-0.2, 0) is 16.6 Å². The fourth-order valence-electron chi connectivity index (χ4n) is 1.91. The molecule has 2 N–H and O–H groups in total. The molecule has 0 aliphatic rings. The maximum absolute atomic E-state index is 12.4. The average Bonchev–Trinajstić information content (AvgIpc) is 2.24. The maximum Gasteiger partial charge on any atom is 0.214 e. The molecule has 1 aromatic carbocycles. The van der Waals surface area contributed by atoms with Crippen LogP contribution in [0.25, 0.3) is 0 Å². The van der Waals surface area contributed by atoms with Gasteiger partial charge in [-0.2, -0.15) is 4.31 Å². The van der Waals surface area contributed by atoms with E-state index in [2.05, 4.69) is 0 Å². The molecule has 4 nitrogen and oxygen atoms in total. The highest BCUT2D eigenvalue weighted by molar-refractivity contribution is 7.89. The Morgan fingerprint density at radius 1 is 1.21 bits per heavy atom. The van der Waals surface area contributed by atoms with Crippen molar-refractivity contribution < 1.29 is 8.42 Å². The lowest BCUT2D eigenvalue weighted by atomic mass is 10.0. The van der Waals surface area contributed by atoms with Gasteiger partial charge >= 0.3 is 0 Å². The summed E-state index contributed by atoms with van der Waals surface area (Å²) in [7, 11) is -3.27. The van der Waals surface area contributed by atoms with Gasteiger partial charge in [-0.05, 0) is 17.0 Å². The molecule has 0 aromatic heterocycles. The zero-order chi connectivity index (χ0) is 14.7. The molecule has 0 saturated carbocycles. The number of anilines is 1. The van der Waals surface area contributed by atoms with Crippen molar-refractivity contribution >= 4 is 15.7 Å². The number of nitrogens with zero attached hydrogens (tertiary/aromatic N) is 1. The summed E-state index contributed by atoms with van der Waals surface area (Å²) < 4.78 is 26.2. The first-order valence-corrected chi connectivity index (χ1v) is 8.08. The Morgan fingerprint density at radius 2 is 1.79 bits per heavy atom. The topological polar surface area (TPSA) is 63.4 Å². The standard InChI is InChI=1S/C14H24N2O2S/c1-5-16(19(17,18)11-14(2,3)4)10-12-8-6-7-9-13(12)15/h6-9H,5,10-11,15H2,1-4H3. The maximum atomic E-state index is 12.4. The van der Waals surface area contributed by atoms with Crippen LogP contribution in [-0.4, -0.2) is 25.0 Å². The molecule has 0 unspecified atom stereocenters. The fraction of sp³-hybridized carbons (Fsp3) is 0.571. The third kappa shape index (κ3) is 4.84. The first-order chi connectivity index (χ1) is 8.65. The van der Waals surface area contributed by atoms with Crippen LogP contribution in [0.15, 0.2) is 24.3 Å². The normalized spacial score (nSPS) is 12.9. The van der Waals surface area contributed by atoms with Gasteiger partial charge in [0, 0.05) is 18.8 Å². The predicted molar refractivity (Wildman–Crippen MR) is 80.2 cm³/mol.